The molecule has 0 aromatic carbocycles. The van der Waals surface area contributed by atoms with Gasteiger partial charge in [-0.3, -0.25) is 4.79 Å². The third-order valence-electron chi connectivity index (χ3n) is 2.50. The minimum atomic E-state index is -0.178. The van der Waals surface area contributed by atoms with E-state index in [1.807, 2.05) is 24.3 Å². The molecule has 0 unspecified atom stereocenters. The maximum absolute atomic E-state index is 11.6. The average molecular weight is 221 g/mol. The van der Waals surface area contributed by atoms with E-state index in [0.717, 1.165) is 24.8 Å². The molecule has 0 radical (unpaired) electrons. The number of allylic oxidation sites excluding steroid dienone is 6. The molecule has 0 fully saturated rings. The summed E-state index contributed by atoms with van der Waals surface area (Å²) in [6.45, 7) is 0. The van der Waals surface area contributed by atoms with Crippen LogP contribution in [-0.4, -0.2) is 13.1 Å². The van der Waals surface area contributed by atoms with Crippen molar-refractivity contribution in [2.75, 3.05) is 7.11 Å². The summed E-state index contributed by atoms with van der Waals surface area (Å²) >= 11 is 0. The van der Waals surface area contributed by atoms with Gasteiger partial charge in [-0.15, -0.1) is 5.76 Å². The van der Waals surface area contributed by atoms with Crippen molar-refractivity contribution < 1.29 is 14.6 Å². The van der Waals surface area contributed by atoms with Gasteiger partial charge in [-0.25, -0.2) is 0 Å². The van der Waals surface area contributed by atoms with Crippen molar-refractivity contribution in [1.82, 2.24) is 0 Å². The Balaban J connectivity index is 2.12. The number of rotatable bonds is 6. The van der Waals surface area contributed by atoms with Gasteiger partial charge in [0.25, 0.3) is 0 Å². The Morgan fingerprint density at radius 2 is 1.81 bits per heavy atom. The molecule has 0 atom stereocenters. The monoisotopic (exact) mass is 221 g/mol. The van der Waals surface area contributed by atoms with E-state index in [-0.39, 0.29) is 11.7 Å². The normalized spacial score (nSPS) is 13.2. The predicted molar refractivity (Wildman–Crippen MR) is 60.4 cm³/mol. The van der Waals surface area contributed by atoms with Gasteiger partial charge in [0.15, 0.2) is 0 Å². The fraction of sp³-hybridized carbons (Fsp3) is 0.462. The Morgan fingerprint density at radius 1 is 1.19 bits per heavy atom. The Hall–Kier alpha value is -1.51. The first-order valence-electron chi connectivity index (χ1n) is 5.56. The van der Waals surface area contributed by atoms with Crippen LogP contribution in [0.2, 0.25) is 0 Å². The van der Waals surface area contributed by atoms with Crippen LogP contribution in [0.1, 0.15) is 32.1 Å². The summed E-state index contributed by atoms with van der Waals surface area (Å²) in [4.78, 5) is 10.8. The van der Waals surface area contributed by atoms with Crippen LogP contribution >= 0.6 is 0 Å². The zero-order valence-electron chi connectivity index (χ0n) is 9.57. The molecule has 3 heteroatoms. The Labute approximate surface area is 96.1 Å². The number of unbranched alkanes of at least 4 members (excludes halogenated alkanes) is 2. The highest BCUT2D eigenvalue weighted by Gasteiger charge is 1.99. The topological polar surface area (TPSA) is 49.4 Å². The fourth-order valence-corrected chi connectivity index (χ4v) is 1.54. The third kappa shape index (κ3) is 4.34. The second-order valence-corrected chi connectivity index (χ2v) is 3.73. The van der Waals surface area contributed by atoms with Gasteiger partial charge in [0.2, 0.25) is 0 Å². The summed E-state index contributed by atoms with van der Waals surface area (Å²) in [5.74, 6) is 0.00503. The smallest absolute Gasteiger partial charge is 0.305 e. The van der Waals surface area contributed by atoms with E-state index in [1.54, 1.807) is 0 Å². The van der Waals surface area contributed by atoms with E-state index in [4.69, 9.17) is 0 Å². The molecule has 0 N–H and O–H groups in total. The van der Waals surface area contributed by atoms with Crippen molar-refractivity contribution in [3.8, 4) is 0 Å². The molecule has 1 rings (SSSR count). The molecule has 0 saturated carbocycles. The summed E-state index contributed by atoms with van der Waals surface area (Å²) in [6.07, 6.45) is 10.9. The zero-order valence-corrected chi connectivity index (χ0v) is 9.57. The molecule has 0 aliphatic heterocycles. The van der Waals surface area contributed by atoms with Crippen LogP contribution in [0.5, 0.6) is 0 Å². The first-order chi connectivity index (χ1) is 7.74. The molecule has 1 aliphatic carbocycles. The van der Waals surface area contributed by atoms with E-state index in [1.165, 1.54) is 7.11 Å². The van der Waals surface area contributed by atoms with Crippen molar-refractivity contribution in [2.45, 2.75) is 32.1 Å². The quantitative estimate of drug-likeness (QED) is 0.390. The van der Waals surface area contributed by atoms with Crippen LogP contribution in [0.15, 0.2) is 35.6 Å². The van der Waals surface area contributed by atoms with Crippen molar-refractivity contribution in [1.29, 1.82) is 0 Å². The van der Waals surface area contributed by atoms with Crippen LogP contribution in [0.25, 0.3) is 0 Å². The molecular weight excluding hydrogens is 204 g/mol. The SMILES string of the molecule is COC(=O)CCCCCC([O-])=C1C=CC=C1. The third-order valence-corrected chi connectivity index (χ3v) is 2.50. The molecular formula is C13H17O3-. The lowest BCUT2D eigenvalue weighted by Crippen LogP contribution is -2.06. The lowest BCUT2D eigenvalue weighted by Gasteiger charge is -2.13. The molecule has 88 valence electrons. The van der Waals surface area contributed by atoms with E-state index >= 15 is 0 Å². The molecule has 1 aliphatic rings. The highest BCUT2D eigenvalue weighted by molar-refractivity contribution is 5.68. The highest BCUT2D eigenvalue weighted by Crippen LogP contribution is 2.15. The second kappa shape index (κ2) is 6.88. The van der Waals surface area contributed by atoms with Gasteiger partial charge in [0.05, 0.1) is 7.11 Å². The second-order valence-electron chi connectivity index (χ2n) is 3.73. The first-order valence-corrected chi connectivity index (χ1v) is 5.56. The predicted octanol–water partition coefficient (Wildman–Crippen LogP) is 1.85. The van der Waals surface area contributed by atoms with Crippen LogP contribution in [0, 0.1) is 0 Å². The van der Waals surface area contributed by atoms with Crippen molar-refractivity contribution in [2.24, 2.45) is 0 Å². The number of carbonyl (C=O) groups is 1. The highest BCUT2D eigenvalue weighted by atomic mass is 16.5. The van der Waals surface area contributed by atoms with Gasteiger partial charge in [-0.05, 0) is 18.4 Å². The summed E-state index contributed by atoms with van der Waals surface area (Å²) in [7, 11) is 1.39. The van der Waals surface area contributed by atoms with Crippen LogP contribution in [-0.2, 0) is 9.53 Å². The molecule has 0 spiro atoms. The Kier molecular flexibility index (Phi) is 5.40. The van der Waals surface area contributed by atoms with E-state index in [0.29, 0.717) is 12.8 Å². The largest absolute Gasteiger partial charge is 0.875 e. The van der Waals surface area contributed by atoms with Gasteiger partial charge in [0, 0.05) is 6.42 Å². The molecule has 0 aromatic heterocycles. The van der Waals surface area contributed by atoms with E-state index in [9.17, 15) is 9.90 Å². The summed E-state index contributed by atoms with van der Waals surface area (Å²) < 4.78 is 4.53. The van der Waals surface area contributed by atoms with E-state index < -0.39 is 0 Å². The Morgan fingerprint density at radius 3 is 2.44 bits per heavy atom. The average Bonchev–Trinajstić information content (AvgIpc) is 2.81. The van der Waals surface area contributed by atoms with Crippen LogP contribution in [0.4, 0.5) is 0 Å². The number of ether oxygens (including phenoxy) is 1. The number of hydrogen-bond acceptors (Lipinski definition) is 3. The molecule has 0 heterocycles. The molecule has 0 bridgehead atoms. The van der Waals surface area contributed by atoms with Gasteiger partial charge >= 0.3 is 5.97 Å². The van der Waals surface area contributed by atoms with Crippen molar-refractivity contribution in [3.05, 3.63) is 35.6 Å². The van der Waals surface area contributed by atoms with Gasteiger partial charge in [-0.1, -0.05) is 37.1 Å². The fourth-order valence-electron chi connectivity index (χ4n) is 1.54. The molecule has 0 saturated heterocycles. The molecule has 16 heavy (non-hydrogen) atoms. The Bertz CT molecular complexity index is 310. The van der Waals surface area contributed by atoms with Crippen molar-refractivity contribution in [3.63, 3.8) is 0 Å². The zero-order chi connectivity index (χ0) is 11.8. The van der Waals surface area contributed by atoms with Crippen molar-refractivity contribution >= 4 is 5.97 Å². The first kappa shape index (κ1) is 12.6. The minimum Gasteiger partial charge on any atom is -0.875 e. The maximum atomic E-state index is 11.6. The minimum absolute atomic E-state index is 0.178. The molecule has 0 amide bonds. The lowest BCUT2D eigenvalue weighted by molar-refractivity contribution is -0.307. The molecule has 3 nitrogen and oxygen atoms in total. The summed E-state index contributed by atoms with van der Waals surface area (Å²) in [6, 6.07) is 0. The van der Waals surface area contributed by atoms with Gasteiger partial charge in [0.1, 0.15) is 0 Å². The van der Waals surface area contributed by atoms with Crippen LogP contribution in [0.3, 0.4) is 0 Å². The number of carbonyl (C=O) groups excluding carboxylic acids is 1. The number of hydrogen-bond donors (Lipinski definition) is 0. The molecule has 0 aromatic rings. The summed E-state index contributed by atoms with van der Waals surface area (Å²) in [5, 5.41) is 11.6. The number of esters is 1. The summed E-state index contributed by atoms with van der Waals surface area (Å²) in [5.41, 5.74) is 0.785. The van der Waals surface area contributed by atoms with Crippen LogP contribution < -0.4 is 5.11 Å². The van der Waals surface area contributed by atoms with Gasteiger partial charge in [-0.2, -0.15) is 0 Å². The van der Waals surface area contributed by atoms with Gasteiger partial charge < -0.3 is 9.84 Å². The standard InChI is InChI=1S/C13H18O3/c1-16-13(15)10-4-2-3-9-12(14)11-7-5-6-8-11/h5-8,14H,2-4,9-10H2,1H3/p-1. The van der Waals surface area contributed by atoms with E-state index in [2.05, 4.69) is 4.74 Å². The maximum Gasteiger partial charge on any atom is 0.305 e. The number of methoxy groups -OCH3 is 1. The lowest BCUT2D eigenvalue weighted by atomic mass is 10.1.